The molecule has 0 aliphatic carbocycles. The second-order valence-corrected chi connectivity index (χ2v) is 4.46. The molecular formula is C16H16F2O2. The summed E-state index contributed by atoms with van der Waals surface area (Å²) in [7, 11) is 1.33. The molecule has 0 bridgehead atoms. The van der Waals surface area contributed by atoms with E-state index < -0.39 is 17.7 Å². The molecule has 1 atom stereocenters. The first-order valence-electron chi connectivity index (χ1n) is 6.37. The van der Waals surface area contributed by atoms with Crippen LogP contribution in [-0.2, 0) is 6.42 Å². The summed E-state index contributed by atoms with van der Waals surface area (Å²) in [6.07, 6.45) is -0.663. The van der Waals surface area contributed by atoms with Crippen molar-refractivity contribution in [2.24, 2.45) is 0 Å². The Hall–Kier alpha value is -1.94. The first-order chi connectivity index (χ1) is 9.58. The van der Waals surface area contributed by atoms with E-state index >= 15 is 0 Å². The van der Waals surface area contributed by atoms with Gasteiger partial charge in [0.15, 0.2) is 0 Å². The van der Waals surface area contributed by atoms with Crippen molar-refractivity contribution in [2.75, 3.05) is 7.11 Å². The third-order valence-corrected chi connectivity index (χ3v) is 3.29. The molecule has 0 aliphatic heterocycles. The average Bonchev–Trinajstić information content (AvgIpc) is 2.46. The molecule has 2 nitrogen and oxygen atoms in total. The number of benzene rings is 2. The highest BCUT2D eigenvalue weighted by molar-refractivity contribution is 5.39. The smallest absolute Gasteiger partial charge is 0.135 e. The Balaban J connectivity index is 2.51. The molecule has 20 heavy (non-hydrogen) atoms. The van der Waals surface area contributed by atoms with Gasteiger partial charge in [0, 0.05) is 12.1 Å². The molecule has 0 aliphatic rings. The lowest BCUT2D eigenvalue weighted by atomic mass is 9.95. The predicted octanol–water partition coefficient (Wildman–Crippen LogP) is 3.62. The monoisotopic (exact) mass is 278 g/mol. The molecule has 1 N–H and O–H groups in total. The minimum Gasteiger partial charge on any atom is -0.497 e. The number of aliphatic hydroxyl groups is 1. The number of ether oxygens (including phenoxy) is 1. The summed E-state index contributed by atoms with van der Waals surface area (Å²) in [6, 6.07) is 9.20. The van der Waals surface area contributed by atoms with Gasteiger partial charge in [-0.1, -0.05) is 31.2 Å². The summed E-state index contributed by atoms with van der Waals surface area (Å²) in [6.45, 7) is 1.92. The molecular weight excluding hydrogens is 262 g/mol. The molecule has 0 aromatic heterocycles. The minimum absolute atomic E-state index is 0.0831. The van der Waals surface area contributed by atoms with Crippen molar-refractivity contribution in [1.82, 2.24) is 0 Å². The molecule has 1 unspecified atom stereocenters. The predicted molar refractivity (Wildman–Crippen MR) is 72.8 cm³/mol. The van der Waals surface area contributed by atoms with E-state index in [0.29, 0.717) is 12.0 Å². The van der Waals surface area contributed by atoms with Crippen LogP contribution in [0, 0.1) is 11.6 Å². The first kappa shape index (κ1) is 14.5. The van der Waals surface area contributed by atoms with Gasteiger partial charge in [0.1, 0.15) is 23.5 Å². The van der Waals surface area contributed by atoms with E-state index in [9.17, 15) is 13.9 Å². The van der Waals surface area contributed by atoms with Crippen LogP contribution < -0.4 is 4.74 Å². The molecule has 4 heteroatoms. The maximum atomic E-state index is 14.0. The highest BCUT2D eigenvalue weighted by Gasteiger charge is 2.22. The molecule has 106 valence electrons. The van der Waals surface area contributed by atoms with Crippen LogP contribution in [0.1, 0.15) is 29.7 Å². The van der Waals surface area contributed by atoms with Gasteiger partial charge in [0.05, 0.1) is 12.7 Å². The third-order valence-electron chi connectivity index (χ3n) is 3.29. The lowest BCUT2D eigenvalue weighted by molar-refractivity contribution is 0.207. The Bertz CT molecular complexity index is 588. The quantitative estimate of drug-likeness (QED) is 0.925. The molecule has 2 aromatic carbocycles. The highest BCUT2D eigenvalue weighted by atomic mass is 19.1. The number of halogens is 2. The zero-order chi connectivity index (χ0) is 14.7. The van der Waals surface area contributed by atoms with Crippen LogP contribution in [0.4, 0.5) is 8.78 Å². The zero-order valence-corrected chi connectivity index (χ0v) is 11.4. The zero-order valence-electron chi connectivity index (χ0n) is 11.4. The van der Waals surface area contributed by atoms with E-state index in [0.717, 1.165) is 17.7 Å². The van der Waals surface area contributed by atoms with Crippen molar-refractivity contribution in [3.8, 4) is 5.75 Å². The molecule has 0 saturated heterocycles. The average molecular weight is 278 g/mol. The summed E-state index contributed by atoms with van der Waals surface area (Å²) in [5, 5.41) is 10.3. The van der Waals surface area contributed by atoms with E-state index in [-0.39, 0.29) is 11.3 Å². The third kappa shape index (κ3) is 2.65. The van der Waals surface area contributed by atoms with Gasteiger partial charge in [-0.3, -0.25) is 0 Å². The van der Waals surface area contributed by atoms with Crippen molar-refractivity contribution in [3.05, 3.63) is 64.7 Å². The van der Waals surface area contributed by atoms with Gasteiger partial charge < -0.3 is 9.84 Å². The van der Waals surface area contributed by atoms with E-state index in [4.69, 9.17) is 4.74 Å². The summed E-state index contributed by atoms with van der Waals surface area (Å²) in [5.41, 5.74) is 1.01. The Morgan fingerprint density at radius 3 is 2.30 bits per heavy atom. The lowest BCUT2D eigenvalue weighted by Gasteiger charge is -2.17. The second-order valence-electron chi connectivity index (χ2n) is 4.46. The number of aliphatic hydroxyl groups excluding tert-OH is 1. The van der Waals surface area contributed by atoms with Crippen LogP contribution in [0.2, 0.25) is 0 Å². The van der Waals surface area contributed by atoms with E-state index in [1.165, 1.54) is 7.11 Å². The van der Waals surface area contributed by atoms with Crippen LogP contribution in [0.15, 0.2) is 36.4 Å². The minimum atomic E-state index is -1.34. The van der Waals surface area contributed by atoms with Gasteiger partial charge in [-0.2, -0.15) is 0 Å². The Labute approximate surface area is 116 Å². The van der Waals surface area contributed by atoms with Gasteiger partial charge in [0.25, 0.3) is 0 Å². The lowest BCUT2D eigenvalue weighted by Crippen LogP contribution is -2.08. The number of hydrogen-bond donors (Lipinski definition) is 1. The molecule has 0 spiro atoms. The fourth-order valence-corrected chi connectivity index (χ4v) is 2.22. The summed E-state index contributed by atoms with van der Waals surface area (Å²) < 4.78 is 32.8. The molecule has 0 heterocycles. The van der Waals surface area contributed by atoms with Crippen LogP contribution >= 0.6 is 0 Å². The first-order valence-corrected chi connectivity index (χ1v) is 6.37. The largest absolute Gasteiger partial charge is 0.497 e. The molecule has 2 rings (SSSR count). The standard InChI is InChI=1S/C16H16F2O2/c1-3-10-6-4-5-7-12(10)16(19)15-13(17)8-11(20-2)9-14(15)18/h4-9,16,19H,3H2,1-2H3. The fourth-order valence-electron chi connectivity index (χ4n) is 2.22. The van der Waals surface area contributed by atoms with Gasteiger partial charge in [-0.15, -0.1) is 0 Å². The van der Waals surface area contributed by atoms with Crippen molar-refractivity contribution >= 4 is 0 Å². The van der Waals surface area contributed by atoms with E-state index in [2.05, 4.69) is 0 Å². The maximum absolute atomic E-state index is 14.0. The van der Waals surface area contributed by atoms with Crippen molar-refractivity contribution < 1.29 is 18.6 Å². The molecule has 0 amide bonds. The Kier molecular flexibility index (Phi) is 4.35. The van der Waals surface area contributed by atoms with Crippen molar-refractivity contribution in [1.29, 1.82) is 0 Å². The topological polar surface area (TPSA) is 29.5 Å². The van der Waals surface area contributed by atoms with E-state index in [1.807, 2.05) is 19.1 Å². The van der Waals surface area contributed by atoms with Crippen molar-refractivity contribution in [3.63, 3.8) is 0 Å². The summed E-state index contributed by atoms with van der Waals surface area (Å²) >= 11 is 0. The Morgan fingerprint density at radius 1 is 1.15 bits per heavy atom. The van der Waals surface area contributed by atoms with Gasteiger partial charge in [0.2, 0.25) is 0 Å². The number of methoxy groups -OCH3 is 1. The summed E-state index contributed by atoms with van der Waals surface area (Å²) in [4.78, 5) is 0. The summed E-state index contributed by atoms with van der Waals surface area (Å²) in [5.74, 6) is -1.56. The molecule has 2 aromatic rings. The fraction of sp³-hybridized carbons (Fsp3) is 0.250. The number of aryl methyl sites for hydroxylation is 1. The highest BCUT2D eigenvalue weighted by Crippen LogP contribution is 2.31. The molecule has 0 fully saturated rings. The van der Waals surface area contributed by atoms with Gasteiger partial charge >= 0.3 is 0 Å². The van der Waals surface area contributed by atoms with Crippen molar-refractivity contribution in [2.45, 2.75) is 19.4 Å². The molecule has 0 saturated carbocycles. The van der Waals surface area contributed by atoms with Crippen LogP contribution in [0.3, 0.4) is 0 Å². The Morgan fingerprint density at radius 2 is 1.75 bits per heavy atom. The normalized spacial score (nSPS) is 12.2. The van der Waals surface area contributed by atoms with Crippen LogP contribution in [-0.4, -0.2) is 12.2 Å². The maximum Gasteiger partial charge on any atom is 0.135 e. The molecule has 0 radical (unpaired) electrons. The number of rotatable bonds is 4. The van der Waals surface area contributed by atoms with Crippen LogP contribution in [0.25, 0.3) is 0 Å². The SMILES string of the molecule is CCc1ccccc1C(O)c1c(F)cc(OC)cc1F. The number of hydrogen-bond acceptors (Lipinski definition) is 2. The van der Waals surface area contributed by atoms with Gasteiger partial charge in [-0.25, -0.2) is 8.78 Å². The van der Waals surface area contributed by atoms with Crippen LogP contribution in [0.5, 0.6) is 5.75 Å². The van der Waals surface area contributed by atoms with Gasteiger partial charge in [-0.05, 0) is 17.5 Å². The van der Waals surface area contributed by atoms with E-state index in [1.54, 1.807) is 12.1 Å². The second kappa shape index (κ2) is 6.01.